The van der Waals surface area contributed by atoms with Crippen LogP contribution in [0.3, 0.4) is 0 Å². The van der Waals surface area contributed by atoms with Crippen LogP contribution < -0.4 is 10.2 Å². The Kier molecular flexibility index (Phi) is 3.51. The molecule has 0 radical (unpaired) electrons. The summed E-state index contributed by atoms with van der Waals surface area (Å²) in [7, 11) is 1.85. The van der Waals surface area contributed by atoms with Crippen LogP contribution in [0.4, 0.5) is 10.5 Å². The highest BCUT2D eigenvalue weighted by molar-refractivity contribution is 5.66. The van der Waals surface area contributed by atoms with Gasteiger partial charge in [-0.25, -0.2) is 4.79 Å². The van der Waals surface area contributed by atoms with E-state index in [2.05, 4.69) is 27.4 Å². The lowest BCUT2D eigenvalue weighted by atomic mass is 10.0. The molecule has 0 fully saturated rings. The highest BCUT2D eigenvalue weighted by Gasteiger charge is 2.29. The predicted molar refractivity (Wildman–Crippen MR) is 79.2 cm³/mol. The van der Waals surface area contributed by atoms with Crippen molar-refractivity contribution in [3.63, 3.8) is 0 Å². The van der Waals surface area contributed by atoms with Crippen molar-refractivity contribution in [3.05, 3.63) is 47.8 Å². The molecule has 1 amide bonds. The largest absolute Gasteiger partial charge is 0.465 e. The number of carboxylic acid groups (broad SMARTS) is 1. The summed E-state index contributed by atoms with van der Waals surface area (Å²) >= 11 is 0. The van der Waals surface area contributed by atoms with Gasteiger partial charge >= 0.3 is 6.09 Å². The molecule has 1 atom stereocenters. The van der Waals surface area contributed by atoms with Gasteiger partial charge in [0, 0.05) is 20.1 Å². The fraction of sp³-hybridized carbons (Fsp3) is 0.333. The number of carbonyl (C=O) groups is 1. The van der Waals surface area contributed by atoms with Gasteiger partial charge in [0.1, 0.15) is 0 Å². The Hall–Kier alpha value is -2.50. The van der Waals surface area contributed by atoms with Gasteiger partial charge in [0.15, 0.2) is 0 Å². The van der Waals surface area contributed by atoms with Crippen molar-refractivity contribution in [2.45, 2.75) is 19.0 Å². The lowest BCUT2D eigenvalue weighted by Gasteiger charge is -2.33. The zero-order chi connectivity index (χ0) is 14.8. The van der Waals surface area contributed by atoms with Crippen LogP contribution in [0.1, 0.15) is 23.7 Å². The molecule has 1 unspecified atom stereocenters. The summed E-state index contributed by atoms with van der Waals surface area (Å²) < 4.78 is 1.76. The molecule has 2 aromatic rings. The molecule has 0 bridgehead atoms. The van der Waals surface area contributed by atoms with E-state index in [1.54, 1.807) is 4.68 Å². The number of benzene rings is 1. The molecule has 110 valence electrons. The first kappa shape index (κ1) is 13.5. The van der Waals surface area contributed by atoms with Crippen molar-refractivity contribution in [2.75, 3.05) is 11.4 Å². The van der Waals surface area contributed by atoms with Crippen molar-refractivity contribution in [2.24, 2.45) is 7.05 Å². The van der Waals surface area contributed by atoms with Crippen molar-refractivity contribution in [3.8, 4) is 0 Å². The fourth-order valence-corrected chi connectivity index (χ4v) is 2.88. The van der Waals surface area contributed by atoms with Crippen LogP contribution in [0.2, 0.25) is 0 Å². The normalized spacial score (nSPS) is 17.4. The maximum Gasteiger partial charge on any atom is 0.405 e. The highest BCUT2D eigenvalue weighted by Crippen LogP contribution is 2.34. The highest BCUT2D eigenvalue weighted by atomic mass is 16.4. The van der Waals surface area contributed by atoms with Gasteiger partial charge in [0.2, 0.25) is 0 Å². The number of rotatable bonds is 3. The minimum Gasteiger partial charge on any atom is -0.465 e. The summed E-state index contributed by atoms with van der Waals surface area (Å²) in [4.78, 5) is 13.2. The number of amides is 1. The van der Waals surface area contributed by atoms with Crippen LogP contribution >= 0.6 is 0 Å². The van der Waals surface area contributed by atoms with E-state index in [0.717, 1.165) is 30.9 Å². The molecule has 6 nitrogen and oxygen atoms in total. The average Bonchev–Trinajstić information content (AvgIpc) is 2.85. The van der Waals surface area contributed by atoms with Crippen LogP contribution in [-0.2, 0) is 13.6 Å². The number of anilines is 1. The Morgan fingerprint density at radius 3 is 2.90 bits per heavy atom. The lowest BCUT2D eigenvalue weighted by Crippen LogP contribution is -2.37. The predicted octanol–water partition coefficient (Wildman–Crippen LogP) is 2.14. The second-order valence-corrected chi connectivity index (χ2v) is 5.24. The van der Waals surface area contributed by atoms with Crippen LogP contribution in [0.5, 0.6) is 0 Å². The summed E-state index contributed by atoms with van der Waals surface area (Å²) in [6.45, 7) is 1.61. The molecule has 0 saturated carbocycles. The molecule has 2 heterocycles. The maximum atomic E-state index is 10.9. The van der Waals surface area contributed by atoms with Crippen LogP contribution in [-0.4, -0.2) is 27.5 Å². The molecule has 0 aliphatic carbocycles. The van der Waals surface area contributed by atoms with Crippen LogP contribution in [0.25, 0.3) is 0 Å². The van der Waals surface area contributed by atoms with Gasteiger partial charge in [-0.15, -0.1) is 0 Å². The van der Waals surface area contributed by atoms with Crippen molar-refractivity contribution in [1.82, 2.24) is 15.1 Å². The molecule has 0 spiro atoms. The van der Waals surface area contributed by atoms with Gasteiger partial charge in [-0.2, -0.15) is 5.10 Å². The molecular weight excluding hydrogens is 268 g/mol. The van der Waals surface area contributed by atoms with Crippen molar-refractivity contribution in [1.29, 1.82) is 0 Å². The first-order chi connectivity index (χ1) is 10.1. The monoisotopic (exact) mass is 286 g/mol. The molecule has 3 rings (SSSR count). The maximum absolute atomic E-state index is 10.9. The average molecular weight is 286 g/mol. The molecule has 6 heteroatoms. The van der Waals surface area contributed by atoms with Crippen molar-refractivity contribution >= 4 is 11.8 Å². The number of hydrogen-bond acceptors (Lipinski definition) is 3. The Morgan fingerprint density at radius 1 is 1.43 bits per heavy atom. The quantitative estimate of drug-likeness (QED) is 0.907. The van der Waals surface area contributed by atoms with E-state index in [4.69, 9.17) is 5.11 Å². The molecule has 2 N–H and O–H groups in total. The van der Waals surface area contributed by atoms with Crippen LogP contribution in [0, 0.1) is 0 Å². The first-order valence-electron chi connectivity index (χ1n) is 6.95. The number of fused-ring (bicyclic) bond motifs is 1. The van der Waals surface area contributed by atoms with Gasteiger partial charge in [-0.05, 0) is 12.0 Å². The summed E-state index contributed by atoms with van der Waals surface area (Å²) in [6.07, 6.45) is 1.56. The van der Waals surface area contributed by atoms with E-state index in [1.165, 1.54) is 5.56 Å². The van der Waals surface area contributed by atoms with E-state index in [0.29, 0.717) is 0 Å². The third-order valence-corrected chi connectivity index (χ3v) is 3.84. The summed E-state index contributed by atoms with van der Waals surface area (Å²) in [5, 5.41) is 15.8. The Bertz CT molecular complexity index is 638. The first-order valence-corrected chi connectivity index (χ1v) is 6.95. The van der Waals surface area contributed by atoms with Crippen LogP contribution in [0.15, 0.2) is 36.5 Å². The SMILES string of the molecule is Cn1ncc2c1C(NC(=O)O)CCN2Cc1ccccc1. The molecule has 1 aliphatic rings. The molecule has 1 aliphatic heterocycles. The fourth-order valence-electron chi connectivity index (χ4n) is 2.88. The van der Waals surface area contributed by atoms with Gasteiger partial charge in [-0.3, -0.25) is 4.68 Å². The molecule has 21 heavy (non-hydrogen) atoms. The Labute approximate surface area is 123 Å². The van der Waals surface area contributed by atoms with E-state index in [1.807, 2.05) is 31.4 Å². The number of hydrogen-bond donors (Lipinski definition) is 2. The number of aromatic nitrogens is 2. The summed E-state index contributed by atoms with van der Waals surface area (Å²) in [5.41, 5.74) is 3.17. The Balaban J connectivity index is 1.86. The molecule has 1 aromatic heterocycles. The molecule has 0 saturated heterocycles. The number of aryl methyl sites for hydroxylation is 1. The third-order valence-electron chi connectivity index (χ3n) is 3.84. The van der Waals surface area contributed by atoms with Crippen molar-refractivity contribution < 1.29 is 9.90 Å². The third kappa shape index (κ3) is 2.69. The molecule has 1 aromatic carbocycles. The Morgan fingerprint density at radius 2 is 2.19 bits per heavy atom. The summed E-state index contributed by atoms with van der Waals surface area (Å²) in [6, 6.07) is 10.0. The minimum absolute atomic E-state index is 0.197. The lowest BCUT2D eigenvalue weighted by molar-refractivity contribution is 0.188. The van der Waals surface area contributed by atoms with Gasteiger partial charge in [0.25, 0.3) is 0 Å². The zero-order valence-corrected chi connectivity index (χ0v) is 11.9. The van der Waals surface area contributed by atoms with Gasteiger partial charge < -0.3 is 15.3 Å². The minimum atomic E-state index is -0.997. The summed E-state index contributed by atoms with van der Waals surface area (Å²) in [5.74, 6) is 0. The van der Waals surface area contributed by atoms with E-state index in [-0.39, 0.29) is 6.04 Å². The molecular formula is C15H18N4O2. The zero-order valence-electron chi connectivity index (χ0n) is 11.9. The van der Waals surface area contributed by atoms with Gasteiger partial charge in [0.05, 0.1) is 23.6 Å². The number of nitrogens with one attached hydrogen (secondary N) is 1. The number of nitrogens with zero attached hydrogens (tertiary/aromatic N) is 3. The second-order valence-electron chi connectivity index (χ2n) is 5.24. The van der Waals surface area contributed by atoms with Gasteiger partial charge in [-0.1, -0.05) is 30.3 Å². The van der Waals surface area contributed by atoms with E-state index in [9.17, 15) is 4.79 Å². The van der Waals surface area contributed by atoms with E-state index >= 15 is 0 Å². The smallest absolute Gasteiger partial charge is 0.405 e. The standard InChI is InChI=1S/C15H18N4O2/c1-18-14-12(17-15(20)21)7-8-19(13(14)9-16-18)10-11-5-3-2-4-6-11/h2-6,9,12,17H,7-8,10H2,1H3,(H,20,21). The van der Waals surface area contributed by atoms with E-state index < -0.39 is 6.09 Å². The second kappa shape index (κ2) is 5.47. The topological polar surface area (TPSA) is 70.4 Å².